The van der Waals surface area contributed by atoms with Crippen molar-refractivity contribution < 1.29 is 14.1 Å². The molecule has 0 saturated heterocycles. The van der Waals surface area contributed by atoms with Crippen molar-refractivity contribution in [2.24, 2.45) is 0 Å². The van der Waals surface area contributed by atoms with Gasteiger partial charge < -0.3 is 14.3 Å². The zero-order valence-electron chi connectivity index (χ0n) is 21.4. The number of anilines is 1. The second-order valence-corrected chi connectivity index (χ2v) is 9.40. The number of benzene rings is 1. The van der Waals surface area contributed by atoms with Gasteiger partial charge in [-0.2, -0.15) is 0 Å². The fourth-order valence-corrected chi connectivity index (χ4v) is 4.80. The lowest BCUT2D eigenvalue weighted by Crippen LogP contribution is -2.38. The first-order valence-corrected chi connectivity index (χ1v) is 12.6. The molecule has 0 fully saturated rings. The highest BCUT2D eigenvalue weighted by Gasteiger charge is 2.23. The van der Waals surface area contributed by atoms with E-state index in [1.54, 1.807) is 6.92 Å². The van der Waals surface area contributed by atoms with Crippen molar-refractivity contribution in [2.45, 2.75) is 53.1 Å². The number of pyridine rings is 1. The van der Waals surface area contributed by atoms with Crippen LogP contribution in [0.5, 0.6) is 0 Å². The number of carbonyl (C=O) groups is 2. The molecule has 2 amide bonds. The Morgan fingerprint density at radius 1 is 0.972 bits per heavy atom. The summed E-state index contributed by atoms with van der Waals surface area (Å²) >= 11 is 0. The highest BCUT2D eigenvalue weighted by atomic mass is 16.5. The maximum atomic E-state index is 13.5. The van der Waals surface area contributed by atoms with E-state index in [0.29, 0.717) is 25.4 Å². The Bertz CT molecular complexity index is 1160. The summed E-state index contributed by atoms with van der Waals surface area (Å²) in [5.41, 5.74) is 4.47. The summed E-state index contributed by atoms with van der Waals surface area (Å²) in [7, 11) is 0. The molecule has 1 aliphatic rings. The molecule has 0 saturated carbocycles. The van der Waals surface area contributed by atoms with Crippen molar-refractivity contribution in [3.05, 3.63) is 76.9 Å². The summed E-state index contributed by atoms with van der Waals surface area (Å²) in [6.45, 7) is 9.43. The van der Waals surface area contributed by atoms with E-state index in [1.807, 2.05) is 72.3 Å². The Balaban J connectivity index is 1.60. The van der Waals surface area contributed by atoms with E-state index in [1.165, 1.54) is 0 Å². The van der Waals surface area contributed by atoms with Gasteiger partial charge >= 0.3 is 0 Å². The van der Waals surface area contributed by atoms with Gasteiger partial charge in [0.2, 0.25) is 11.8 Å². The fraction of sp³-hybridized carbons (Fsp3) is 0.429. The smallest absolute Gasteiger partial charge is 0.227 e. The van der Waals surface area contributed by atoms with Crippen LogP contribution in [0.2, 0.25) is 0 Å². The van der Waals surface area contributed by atoms with Crippen molar-refractivity contribution in [1.29, 1.82) is 0 Å². The van der Waals surface area contributed by atoms with Gasteiger partial charge in [0.1, 0.15) is 5.76 Å². The average molecular weight is 490 g/mol. The predicted molar refractivity (Wildman–Crippen MR) is 138 cm³/mol. The lowest BCUT2D eigenvalue weighted by molar-refractivity contribution is -0.131. The molecule has 4 rings (SSSR count). The molecule has 0 bridgehead atoms. The number of aromatic nitrogens is 2. The summed E-state index contributed by atoms with van der Waals surface area (Å²) in [5.74, 6) is 0.714. The van der Waals surface area contributed by atoms with Gasteiger partial charge in [0, 0.05) is 63.6 Å². The molecule has 0 spiro atoms. The third kappa shape index (κ3) is 6.37. The first-order valence-electron chi connectivity index (χ1n) is 12.6. The summed E-state index contributed by atoms with van der Waals surface area (Å²) < 4.78 is 5.28. The minimum atomic E-state index is 0.00406. The average Bonchev–Trinajstić information content (AvgIpc) is 3.18. The van der Waals surface area contributed by atoms with E-state index in [0.717, 1.165) is 60.7 Å². The molecule has 8 heteroatoms. The number of para-hydroxylation sites is 1. The van der Waals surface area contributed by atoms with E-state index in [-0.39, 0.29) is 18.2 Å². The van der Waals surface area contributed by atoms with E-state index < -0.39 is 0 Å². The van der Waals surface area contributed by atoms with E-state index in [4.69, 9.17) is 4.52 Å². The second kappa shape index (κ2) is 11.9. The Labute approximate surface area is 212 Å². The molecule has 0 N–H and O–H groups in total. The van der Waals surface area contributed by atoms with Gasteiger partial charge in [0.25, 0.3) is 0 Å². The van der Waals surface area contributed by atoms with E-state index >= 15 is 0 Å². The van der Waals surface area contributed by atoms with Crippen LogP contribution in [-0.2, 0) is 29.1 Å². The maximum Gasteiger partial charge on any atom is 0.227 e. The Kier molecular flexibility index (Phi) is 8.48. The molecule has 190 valence electrons. The number of nitrogens with zero attached hydrogens (tertiary/aromatic N) is 5. The lowest BCUT2D eigenvalue weighted by atomic mass is 10.1. The Morgan fingerprint density at radius 3 is 2.42 bits per heavy atom. The van der Waals surface area contributed by atoms with Crippen molar-refractivity contribution in [1.82, 2.24) is 19.9 Å². The normalized spacial score (nSPS) is 15.6. The van der Waals surface area contributed by atoms with Crippen LogP contribution < -0.4 is 4.90 Å². The largest absolute Gasteiger partial charge is 0.361 e. The van der Waals surface area contributed by atoms with Gasteiger partial charge in [-0.3, -0.25) is 19.5 Å². The number of fused-ring (bicyclic) bond motifs is 1. The van der Waals surface area contributed by atoms with Crippen LogP contribution in [0.1, 0.15) is 48.0 Å². The van der Waals surface area contributed by atoms with Gasteiger partial charge in [0.15, 0.2) is 0 Å². The van der Waals surface area contributed by atoms with Crippen LogP contribution >= 0.6 is 0 Å². The maximum absolute atomic E-state index is 13.5. The Morgan fingerprint density at radius 2 is 1.72 bits per heavy atom. The number of hydrogen-bond acceptors (Lipinski definition) is 6. The van der Waals surface area contributed by atoms with Crippen LogP contribution in [-0.4, -0.2) is 57.9 Å². The van der Waals surface area contributed by atoms with Crippen LogP contribution in [0.15, 0.2) is 53.2 Å². The van der Waals surface area contributed by atoms with E-state index in [9.17, 15) is 9.59 Å². The van der Waals surface area contributed by atoms with Crippen molar-refractivity contribution in [3.63, 3.8) is 0 Å². The molecule has 36 heavy (non-hydrogen) atoms. The Hall–Kier alpha value is -3.52. The predicted octanol–water partition coefficient (Wildman–Crippen LogP) is 3.91. The van der Waals surface area contributed by atoms with Crippen LogP contribution in [0.4, 0.5) is 5.69 Å². The van der Waals surface area contributed by atoms with Gasteiger partial charge in [-0.25, -0.2) is 0 Å². The van der Waals surface area contributed by atoms with Crippen molar-refractivity contribution in [2.75, 3.05) is 31.1 Å². The molecule has 1 aliphatic heterocycles. The summed E-state index contributed by atoms with van der Waals surface area (Å²) in [5, 5.41) is 4.01. The molecular formula is C28H35N5O3. The number of carbonyl (C=O) groups excluding carboxylic acids is 2. The summed E-state index contributed by atoms with van der Waals surface area (Å²) in [6.07, 6.45) is 3.76. The second-order valence-electron chi connectivity index (χ2n) is 9.40. The standard InChI is InChI=1S/C28H35N5O3/c1-21-26(22(2)36-30-21)18-28(35)32-16-8-14-31(20-25-11-6-7-13-29-25)15-9-17-33(23(3)34)27-12-5-4-10-24(27)19-32/h4-7,10-13H,8-9,14-20H2,1-3H3. The monoisotopic (exact) mass is 489 g/mol. The molecule has 8 nitrogen and oxygen atoms in total. The van der Waals surface area contributed by atoms with Gasteiger partial charge in [0.05, 0.1) is 17.8 Å². The minimum absolute atomic E-state index is 0.00406. The molecule has 0 radical (unpaired) electrons. The zero-order chi connectivity index (χ0) is 25.5. The number of hydrogen-bond donors (Lipinski definition) is 0. The van der Waals surface area contributed by atoms with Gasteiger partial charge in [-0.05, 0) is 50.5 Å². The topological polar surface area (TPSA) is 82.8 Å². The number of rotatable bonds is 4. The molecule has 2 aromatic heterocycles. The van der Waals surface area contributed by atoms with Gasteiger partial charge in [-0.15, -0.1) is 0 Å². The quantitative estimate of drug-likeness (QED) is 0.553. The third-order valence-corrected chi connectivity index (χ3v) is 6.76. The highest BCUT2D eigenvalue weighted by Crippen LogP contribution is 2.24. The molecule has 3 heterocycles. The molecule has 1 aromatic carbocycles. The third-order valence-electron chi connectivity index (χ3n) is 6.76. The molecular weight excluding hydrogens is 454 g/mol. The molecule has 0 atom stereocenters. The van der Waals surface area contributed by atoms with Gasteiger partial charge in [-0.1, -0.05) is 29.4 Å². The lowest BCUT2D eigenvalue weighted by Gasteiger charge is -2.31. The van der Waals surface area contributed by atoms with Crippen LogP contribution in [0, 0.1) is 13.8 Å². The van der Waals surface area contributed by atoms with Crippen LogP contribution in [0.25, 0.3) is 0 Å². The minimum Gasteiger partial charge on any atom is -0.361 e. The summed E-state index contributed by atoms with van der Waals surface area (Å²) in [6, 6.07) is 13.9. The SMILES string of the molecule is CC(=O)N1CCCN(Cc2ccccn2)CCCN(C(=O)Cc2c(C)noc2C)Cc2ccccc21. The zero-order valence-corrected chi connectivity index (χ0v) is 21.4. The van der Waals surface area contributed by atoms with Crippen molar-refractivity contribution in [3.8, 4) is 0 Å². The molecule has 3 aromatic rings. The number of aryl methyl sites for hydroxylation is 2. The molecule has 0 aliphatic carbocycles. The first kappa shape index (κ1) is 25.6. The fourth-order valence-electron chi connectivity index (χ4n) is 4.80. The first-order chi connectivity index (χ1) is 17.4. The van der Waals surface area contributed by atoms with Crippen molar-refractivity contribution >= 4 is 17.5 Å². The van der Waals surface area contributed by atoms with E-state index in [2.05, 4.69) is 15.0 Å². The van der Waals surface area contributed by atoms with Crippen LogP contribution in [0.3, 0.4) is 0 Å². The highest BCUT2D eigenvalue weighted by molar-refractivity contribution is 5.92. The number of amides is 2. The molecule has 0 unspecified atom stereocenters. The summed E-state index contributed by atoms with van der Waals surface area (Å²) in [4.78, 5) is 36.8.